The topological polar surface area (TPSA) is 18.5 Å². The van der Waals surface area contributed by atoms with Gasteiger partial charge in [-0.1, -0.05) is 11.6 Å². The summed E-state index contributed by atoms with van der Waals surface area (Å²) in [5.41, 5.74) is 0.906. The fourth-order valence-corrected chi connectivity index (χ4v) is 3.70. The lowest BCUT2D eigenvalue weighted by Gasteiger charge is -2.12. The molecule has 2 rings (SSSR count). The number of alkyl halides is 1. The van der Waals surface area contributed by atoms with Crippen molar-refractivity contribution in [1.82, 2.24) is 0 Å². The number of ether oxygens (including phenoxy) is 2. The molecule has 0 spiro atoms. The third-order valence-electron chi connectivity index (χ3n) is 2.58. The average Bonchev–Trinajstić information content (AvgIpc) is 2.77. The first-order chi connectivity index (χ1) is 9.05. The summed E-state index contributed by atoms with van der Waals surface area (Å²) in [6, 6.07) is 7.45. The van der Waals surface area contributed by atoms with Crippen LogP contribution in [0.5, 0.6) is 11.5 Å². The Hall–Kier alpha value is -0.420. The lowest BCUT2D eigenvalue weighted by atomic mass is 10.1. The maximum atomic E-state index is 6.49. The van der Waals surface area contributed by atoms with E-state index in [1.54, 1.807) is 14.2 Å². The highest BCUT2D eigenvalue weighted by molar-refractivity contribution is 9.11. The van der Waals surface area contributed by atoms with Crippen LogP contribution in [-0.4, -0.2) is 14.2 Å². The van der Waals surface area contributed by atoms with Crippen molar-refractivity contribution in [2.45, 2.75) is 5.38 Å². The molecular weight excluding hydrogens is 371 g/mol. The molecule has 0 fully saturated rings. The number of halogens is 3. The summed E-state index contributed by atoms with van der Waals surface area (Å²) in [4.78, 5) is 0.967. The van der Waals surface area contributed by atoms with Gasteiger partial charge in [0.1, 0.15) is 11.5 Å². The zero-order valence-corrected chi connectivity index (χ0v) is 14.2. The first kappa shape index (κ1) is 15.0. The molecule has 2 aromatic rings. The molecule has 6 heteroatoms. The SMILES string of the molecule is COc1cc(OC)cc(C(Cl)c2cc(Cl)c(Br)s2)c1. The summed E-state index contributed by atoms with van der Waals surface area (Å²) in [6.07, 6.45) is 0. The van der Waals surface area contributed by atoms with Gasteiger partial charge < -0.3 is 9.47 Å². The molecular formula is C13H11BrCl2O2S. The highest BCUT2D eigenvalue weighted by atomic mass is 79.9. The Kier molecular flexibility index (Phi) is 5.01. The minimum atomic E-state index is -0.294. The molecule has 102 valence electrons. The Morgan fingerprint density at radius 1 is 1.11 bits per heavy atom. The second-order valence-electron chi connectivity index (χ2n) is 3.78. The van der Waals surface area contributed by atoms with Crippen LogP contribution in [0.3, 0.4) is 0 Å². The van der Waals surface area contributed by atoms with E-state index in [-0.39, 0.29) is 5.38 Å². The summed E-state index contributed by atoms with van der Waals surface area (Å²) < 4.78 is 11.4. The van der Waals surface area contributed by atoms with Gasteiger partial charge in [-0.2, -0.15) is 0 Å². The normalized spacial score (nSPS) is 12.3. The molecule has 0 saturated heterocycles. The third-order valence-corrected chi connectivity index (χ3v) is 5.74. The van der Waals surface area contributed by atoms with Crippen molar-refractivity contribution in [1.29, 1.82) is 0 Å². The molecule has 19 heavy (non-hydrogen) atoms. The second kappa shape index (κ2) is 6.35. The number of rotatable bonds is 4. The van der Waals surface area contributed by atoms with Crippen LogP contribution >= 0.6 is 50.5 Å². The van der Waals surface area contributed by atoms with Crippen LogP contribution in [0.15, 0.2) is 28.1 Å². The van der Waals surface area contributed by atoms with E-state index >= 15 is 0 Å². The number of hydrogen-bond donors (Lipinski definition) is 0. The quantitative estimate of drug-likeness (QED) is 0.650. The van der Waals surface area contributed by atoms with Crippen LogP contribution < -0.4 is 9.47 Å². The summed E-state index contributed by atoms with van der Waals surface area (Å²) >= 11 is 17.4. The van der Waals surface area contributed by atoms with Crippen LogP contribution in [-0.2, 0) is 0 Å². The maximum absolute atomic E-state index is 6.49. The van der Waals surface area contributed by atoms with Crippen molar-refractivity contribution in [2.75, 3.05) is 14.2 Å². The Morgan fingerprint density at radius 2 is 1.68 bits per heavy atom. The fourth-order valence-electron chi connectivity index (χ4n) is 1.63. The van der Waals surface area contributed by atoms with Gasteiger partial charge in [0.2, 0.25) is 0 Å². The van der Waals surface area contributed by atoms with Gasteiger partial charge in [-0.15, -0.1) is 22.9 Å². The highest BCUT2D eigenvalue weighted by Crippen LogP contribution is 2.41. The molecule has 1 heterocycles. The first-order valence-electron chi connectivity index (χ1n) is 5.37. The smallest absolute Gasteiger partial charge is 0.122 e. The second-order valence-corrected chi connectivity index (χ2v) is 7.02. The van der Waals surface area contributed by atoms with E-state index in [1.165, 1.54) is 11.3 Å². The molecule has 0 bridgehead atoms. The predicted molar refractivity (Wildman–Crippen MR) is 84.3 cm³/mol. The monoisotopic (exact) mass is 380 g/mol. The minimum absolute atomic E-state index is 0.294. The van der Waals surface area contributed by atoms with Gasteiger partial charge in [0, 0.05) is 10.9 Å². The van der Waals surface area contributed by atoms with E-state index in [9.17, 15) is 0 Å². The van der Waals surface area contributed by atoms with E-state index in [0.29, 0.717) is 16.5 Å². The predicted octanol–water partition coefficient (Wildman–Crippen LogP) is 5.51. The lowest BCUT2D eigenvalue weighted by Crippen LogP contribution is -1.94. The molecule has 0 aliphatic carbocycles. The van der Waals surface area contributed by atoms with Crippen LogP contribution in [0, 0.1) is 0 Å². The van der Waals surface area contributed by atoms with Gasteiger partial charge in [-0.25, -0.2) is 0 Å². The number of thiophene rings is 1. The van der Waals surface area contributed by atoms with E-state index in [2.05, 4.69) is 15.9 Å². The summed E-state index contributed by atoms with van der Waals surface area (Å²) in [7, 11) is 3.22. The highest BCUT2D eigenvalue weighted by Gasteiger charge is 2.17. The Labute approximate surface area is 134 Å². The molecule has 1 atom stereocenters. The van der Waals surface area contributed by atoms with E-state index in [0.717, 1.165) is 14.2 Å². The van der Waals surface area contributed by atoms with Crippen LogP contribution in [0.2, 0.25) is 5.02 Å². The Bertz CT molecular complexity index is 544. The largest absolute Gasteiger partial charge is 0.497 e. The van der Waals surface area contributed by atoms with E-state index in [4.69, 9.17) is 32.7 Å². The molecule has 0 aliphatic rings. The van der Waals surface area contributed by atoms with Crippen molar-refractivity contribution in [2.24, 2.45) is 0 Å². The zero-order chi connectivity index (χ0) is 14.0. The third kappa shape index (κ3) is 3.37. The summed E-state index contributed by atoms with van der Waals surface area (Å²) in [5.74, 6) is 1.42. The fraction of sp³-hybridized carbons (Fsp3) is 0.231. The minimum Gasteiger partial charge on any atom is -0.497 e. The Morgan fingerprint density at radius 3 is 2.11 bits per heavy atom. The molecule has 0 N–H and O–H groups in total. The zero-order valence-electron chi connectivity index (χ0n) is 10.2. The van der Waals surface area contributed by atoms with Crippen molar-refractivity contribution in [3.8, 4) is 11.5 Å². The number of benzene rings is 1. The molecule has 0 radical (unpaired) electrons. The van der Waals surface area contributed by atoms with Crippen LogP contribution in [0.4, 0.5) is 0 Å². The van der Waals surface area contributed by atoms with Gasteiger partial charge >= 0.3 is 0 Å². The number of methoxy groups -OCH3 is 2. The maximum Gasteiger partial charge on any atom is 0.122 e. The van der Waals surface area contributed by atoms with Gasteiger partial charge in [0.05, 0.1) is 28.4 Å². The summed E-state index contributed by atoms with van der Waals surface area (Å²) in [5, 5.41) is 0.373. The average molecular weight is 382 g/mol. The molecule has 2 nitrogen and oxygen atoms in total. The molecule has 0 saturated carbocycles. The molecule has 1 aromatic heterocycles. The van der Waals surface area contributed by atoms with Crippen molar-refractivity contribution in [3.05, 3.63) is 43.5 Å². The first-order valence-corrected chi connectivity index (χ1v) is 7.79. The molecule has 1 unspecified atom stereocenters. The number of hydrogen-bond acceptors (Lipinski definition) is 3. The van der Waals surface area contributed by atoms with Gasteiger partial charge in [0.25, 0.3) is 0 Å². The van der Waals surface area contributed by atoms with E-state index in [1.807, 2.05) is 24.3 Å². The van der Waals surface area contributed by atoms with Gasteiger partial charge in [-0.3, -0.25) is 0 Å². The van der Waals surface area contributed by atoms with Gasteiger partial charge in [0.15, 0.2) is 0 Å². The van der Waals surface area contributed by atoms with Crippen molar-refractivity contribution >= 4 is 50.5 Å². The molecule has 1 aromatic carbocycles. The van der Waals surface area contributed by atoms with Crippen LogP contribution in [0.25, 0.3) is 0 Å². The molecule has 0 amide bonds. The summed E-state index contributed by atoms with van der Waals surface area (Å²) in [6.45, 7) is 0. The Balaban J connectivity index is 2.39. The lowest BCUT2D eigenvalue weighted by molar-refractivity contribution is 0.393. The van der Waals surface area contributed by atoms with Crippen molar-refractivity contribution in [3.63, 3.8) is 0 Å². The van der Waals surface area contributed by atoms with Gasteiger partial charge in [-0.05, 0) is 39.7 Å². The standard InChI is InChI=1S/C13H11BrCl2O2S/c1-17-8-3-7(4-9(5-8)18-2)12(16)11-6-10(15)13(14)19-11/h3-6,12H,1-2H3. The van der Waals surface area contributed by atoms with E-state index < -0.39 is 0 Å². The molecule has 0 aliphatic heterocycles. The van der Waals surface area contributed by atoms with Crippen molar-refractivity contribution < 1.29 is 9.47 Å². The van der Waals surface area contributed by atoms with Crippen LogP contribution in [0.1, 0.15) is 15.8 Å².